The molecule has 1 fully saturated rings. The lowest BCUT2D eigenvalue weighted by molar-refractivity contribution is 0.173. The summed E-state index contributed by atoms with van der Waals surface area (Å²) < 4.78 is 12.8. The van der Waals surface area contributed by atoms with E-state index in [0.29, 0.717) is 23.3 Å². The Hall–Kier alpha value is -0.930. The average Bonchev–Trinajstić information content (AvgIpc) is 2.72. The van der Waals surface area contributed by atoms with E-state index < -0.39 is 6.10 Å². The van der Waals surface area contributed by atoms with Gasteiger partial charge in [-0.3, -0.25) is 0 Å². The van der Waals surface area contributed by atoms with Crippen LogP contribution in [0.1, 0.15) is 39.4 Å². The van der Waals surface area contributed by atoms with E-state index in [1.54, 1.807) is 12.1 Å². The molecule has 1 aliphatic carbocycles. The molecule has 1 aromatic carbocycles. The molecular weight excluding hydrogens is 241 g/mol. The van der Waals surface area contributed by atoms with E-state index in [9.17, 15) is 9.50 Å². The van der Waals surface area contributed by atoms with Crippen molar-refractivity contribution in [2.75, 3.05) is 13.1 Å². The molecule has 1 atom stereocenters. The highest BCUT2D eigenvalue weighted by Gasteiger charge is 2.63. The first-order valence-electron chi connectivity index (χ1n) is 6.91. The van der Waals surface area contributed by atoms with E-state index in [1.165, 1.54) is 12.1 Å². The second-order valence-electron chi connectivity index (χ2n) is 6.72. The van der Waals surface area contributed by atoms with Crippen LogP contribution in [0.5, 0.6) is 0 Å². The number of hydrogen-bond donors (Lipinski definition) is 2. The van der Waals surface area contributed by atoms with Crippen LogP contribution in [0, 0.1) is 22.6 Å². The lowest BCUT2D eigenvalue weighted by atomic mass is 10.0. The van der Waals surface area contributed by atoms with Crippen molar-refractivity contribution in [2.45, 2.75) is 33.8 Å². The molecule has 106 valence electrons. The monoisotopic (exact) mass is 265 g/mol. The van der Waals surface area contributed by atoms with Gasteiger partial charge in [-0.2, -0.15) is 0 Å². The molecule has 0 aromatic heterocycles. The topological polar surface area (TPSA) is 32.3 Å². The van der Waals surface area contributed by atoms with E-state index in [2.05, 4.69) is 33.0 Å². The van der Waals surface area contributed by atoms with Crippen molar-refractivity contribution in [3.63, 3.8) is 0 Å². The van der Waals surface area contributed by atoms with Crippen molar-refractivity contribution < 1.29 is 9.50 Å². The van der Waals surface area contributed by atoms with Crippen molar-refractivity contribution in [1.82, 2.24) is 5.32 Å². The number of rotatable bonds is 5. The SMILES string of the molecule is CC1(C)C(CNCC(O)c2ccc(F)cc2)C1(C)C. The van der Waals surface area contributed by atoms with Gasteiger partial charge in [0, 0.05) is 6.54 Å². The lowest BCUT2D eigenvalue weighted by Gasteiger charge is -2.13. The highest BCUT2D eigenvalue weighted by atomic mass is 19.1. The van der Waals surface area contributed by atoms with Gasteiger partial charge in [0.1, 0.15) is 5.82 Å². The summed E-state index contributed by atoms with van der Waals surface area (Å²) in [6, 6.07) is 6.02. The molecule has 1 aliphatic rings. The fraction of sp³-hybridized carbons (Fsp3) is 0.625. The highest BCUT2D eigenvalue weighted by Crippen LogP contribution is 2.67. The van der Waals surface area contributed by atoms with Crippen LogP contribution in [0.25, 0.3) is 0 Å². The first kappa shape index (κ1) is 14.5. The Labute approximate surface area is 115 Å². The Morgan fingerprint density at radius 3 is 2.16 bits per heavy atom. The fourth-order valence-electron chi connectivity index (χ4n) is 3.01. The number of halogens is 1. The molecule has 0 aliphatic heterocycles. The average molecular weight is 265 g/mol. The molecule has 0 radical (unpaired) electrons. The molecule has 2 nitrogen and oxygen atoms in total. The summed E-state index contributed by atoms with van der Waals surface area (Å²) in [4.78, 5) is 0. The minimum Gasteiger partial charge on any atom is -0.387 e. The third kappa shape index (κ3) is 2.67. The van der Waals surface area contributed by atoms with Gasteiger partial charge in [-0.05, 0) is 41.0 Å². The summed E-state index contributed by atoms with van der Waals surface area (Å²) in [7, 11) is 0. The van der Waals surface area contributed by atoms with Crippen molar-refractivity contribution in [2.24, 2.45) is 16.7 Å². The van der Waals surface area contributed by atoms with Crippen LogP contribution in [0.15, 0.2) is 24.3 Å². The molecule has 3 heteroatoms. The van der Waals surface area contributed by atoms with E-state index in [4.69, 9.17) is 0 Å². The van der Waals surface area contributed by atoms with Gasteiger partial charge < -0.3 is 10.4 Å². The maximum atomic E-state index is 12.8. The van der Waals surface area contributed by atoms with Gasteiger partial charge >= 0.3 is 0 Å². The molecule has 2 N–H and O–H groups in total. The molecular formula is C16H24FNO. The van der Waals surface area contributed by atoms with Crippen LogP contribution in [0.2, 0.25) is 0 Å². The van der Waals surface area contributed by atoms with Crippen molar-refractivity contribution in [3.05, 3.63) is 35.6 Å². The van der Waals surface area contributed by atoms with Gasteiger partial charge in [0.25, 0.3) is 0 Å². The zero-order valence-electron chi connectivity index (χ0n) is 12.2. The van der Waals surface area contributed by atoms with Crippen molar-refractivity contribution in [3.8, 4) is 0 Å². The quantitative estimate of drug-likeness (QED) is 0.857. The molecule has 0 spiro atoms. The fourth-order valence-corrected chi connectivity index (χ4v) is 3.01. The van der Waals surface area contributed by atoms with E-state index >= 15 is 0 Å². The van der Waals surface area contributed by atoms with Crippen LogP contribution in [-0.2, 0) is 0 Å². The zero-order chi connectivity index (χ0) is 14.3. The van der Waals surface area contributed by atoms with Crippen LogP contribution >= 0.6 is 0 Å². The summed E-state index contributed by atoms with van der Waals surface area (Å²) in [5.41, 5.74) is 1.48. The second-order valence-corrected chi connectivity index (χ2v) is 6.72. The standard InChI is InChI=1S/C16H24FNO/c1-15(2)14(16(15,3)4)10-18-9-13(19)11-5-7-12(17)8-6-11/h5-8,13-14,18-19H,9-10H2,1-4H3. The molecule has 0 saturated heterocycles. The molecule has 2 rings (SSSR count). The molecule has 1 unspecified atom stereocenters. The molecule has 0 amide bonds. The summed E-state index contributed by atoms with van der Waals surface area (Å²) in [6.07, 6.45) is -0.578. The first-order valence-corrected chi connectivity index (χ1v) is 6.91. The Kier molecular flexibility index (Phi) is 3.72. The zero-order valence-corrected chi connectivity index (χ0v) is 12.2. The van der Waals surface area contributed by atoms with Crippen molar-refractivity contribution in [1.29, 1.82) is 0 Å². The Bertz CT molecular complexity index is 425. The van der Waals surface area contributed by atoms with Gasteiger partial charge in [-0.1, -0.05) is 39.8 Å². The highest BCUT2D eigenvalue weighted by molar-refractivity contribution is 5.19. The summed E-state index contributed by atoms with van der Waals surface area (Å²) in [6.45, 7) is 10.6. The number of aliphatic hydroxyl groups is 1. The summed E-state index contributed by atoms with van der Waals surface area (Å²) in [5.74, 6) is 0.366. The normalized spacial score (nSPS) is 22.2. The third-order valence-electron chi connectivity index (χ3n) is 5.26. The van der Waals surface area contributed by atoms with Gasteiger partial charge in [-0.15, -0.1) is 0 Å². The predicted octanol–water partition coefficient (Wildman–Crippen LogP) is 3.13. The molecule has 0 heterocycles. The number of aliphatic hydroxyl groups excluding tert-OH is 1. The van der Waals surface area contributed by atoms with Gasteiger partial charge in [0.15, 0.2) is 0 Å². The van der Waals surface area contributed by atoms with E-state index in [0.717, 1.165) is 12.1 Å². The maximum Gasteiger partial charge on any atom is 0.123 e. The molecule has 19 heavy (non-hydrogen) atoms. The first-order chi connectivity index (χ1) is 8.76. The van der Waals surface area contributed by atoms with E-state index in [1.807, 2.05) is 0 Å². The van der Waals surface area contributed by atoms with Crippen molar-refractivity contribution >= 4 is 0 Å². The van der Waals surface area contributed by atoms with Crippen LogP contribution in [-0.4, -0.2) is 18.2 Å². The lowest BCUT2D eigenvalue weighted by Crippen LogP contribution is -2.25. The Morgan fingerprint density at radius 2 is 1.68 bits per heavy atom. The van der Waals surface area contributed by atoms with Crippen LogP contribution in [0.4, 0.5) is 4.39 Å². The maximum absolute atomic E-state index is 12.8. The minimum absolute atomic E-state index is 0.273. The van der Waals surface area contributed by atoms with Gasteiger partial charge in [0.2, 0.25) is 0 Å². The smallest absolute Gasteiger partial charge is 0.123 e. The Morgan fingerprint density at radius 1 is 1.16 bits per heavy atom. The van der Waals surface area contributed by atoms with Gasteiger partial charge in [-0.25, -0.2) is 4.39 Å². The summed E-state index contributed by atoms with van der Waals surface area (Å²) in [5, 5.41) is 13.3. The number of nitrogens with one attached hydrogen (secondary N) is 1. The molecule has 1 saturated carbocycles. The van der Waals surface area contributed by atoms with Crippen LogP contribution in [0.3, 0.4) is 0 Å². The number of hydrogen-bond acceptors (Lipinski definition) is 2. The third-order valence-corrected chi connectivity index (χ3v) is 5.26. The predicted molar refractivity (Wildman–Crippen MR) is 75.3 cm³/mol. The molecule has 0 bridgehead atoms. The van der Waals surface area contributed by atoms with E-state index in [-0.39, 0.29) is 5.82 Å². The number of benzene rings is 1. The summed E-state index contributed by atoms with van der Waals surface area (Å²) >= 11 is 0. The second kappa shape index (κ2) is 4.88. The largest absolute Gasteiger partial charge is 0.387 e. The van der Waals surface area contributed by atoms with Gasteiger partial charge in [0.05, 0.1) is 6.10 Å². The van der Waals surface area contributed by atoms with Crippen LogP contribution < -0.4 is 5.32 Å². The minimum atomic E-state index is -0.578. The Balaban J connectivity index is 1.79. The molecule has 1 aromatic rings.